The quantitative estimate of drug-likeness (QED) is 0.878. The lowest BCUT2D eigenvalue weighted by atomic mass is 9.91. The first-order chi connectivity index (χ1) is 11.1. The molecule has 2 aromatic rings. The molecule has 2 N–H and O–H groups in total. The van der Waals surface area contributed by atoms with Crippen molar-refractivity contribution >= 4 is 17.5 Å². The summed E-state index contributed by atoms with van der Waals surface area (Å²) in [6.07, 6.45) is 3.14. The predicted molar refractivity (Wildman–Crippen MR) is 87.3 cm³/mol. The number of hydrogen-bond acceptors (Lipinski definition) is 4. The van der Waals surface area contributed by atoms with E-state index in [0.717, 1.165) is 25.1 Å². The van der Waals surface area contributed by atoms with Gasteiger partial charge in [0.05, 0.1) is 17.4 Å². The highest BCUT2D eigenvalue weighted by Gasteiger charge is 2.30. The Balaban J connectivity index is 1.83. The first kappa shape index (κ1) is 15.3. The highest BCUT2D eigenvalue weighted by molar-refractivity contribution is 6.02. The third kappa shape index (κ3) is 2.97. The van der Waals surface area contributed by atoms with E-state index < -0.39 is 0 Å². The van der Waals surface area contributed by atoms with Gasteiger partial charge < -0.3 is 10.6 Å². The number of carbonyl (C=O) groups is 2. The number of piperidine rings is 1. The van der Waals surface area contributed by atoms with Gasteiger partial charge in [-0.2, -0.15) is 5.10 Å². The normalized spacial score (nSPS) is 18.0. The Kier molecular flexibility index (Phi) is 4.14. The number of amides is 1. The van der Waals surface area contributed by atoms with Crippen LogP contribution in [0.5, 0.6) is 0 Å². The van der Waals surface area contributed by atoms with Gasteiger partial charge in [0.15, 0.2) is 5.78 Å². The summed E-state index contributed by atoms with van der Waals surface area (Å²) in [7, 11) is 0. The number of carbonyl (C=O) groups excluding carboxylic acids is 2. The van der Waals surface area contributed by atoms with Crippen LogP contribution in [0.2, 0.25) is 0 Å². The number of nitrogen functional groups attached to an aromatic ring is 1. The van der Waals surface area contributed by atoms with Crippen LogP contribution in [0.3, 0.4) is 0 Å². The van der Waals surface area contributed by atoms with Gasteiger partial charge in [-0.05, 0) is 25.0 Å². The lowest BCUT2D eigenvalue weighted by molar-refractivity contribution is -0.130. The number of nitrogens with zero attached hydrogens (tertiary/aromatic N) is 3. The molecule has 1 atom stereocenters. The van der Waals surface area contributed by atoms with Crippen molar-refractivity contribution in [3.05, 3.63) is 42.1 Å². The molecule has 6 heteroatoms. The number of ketones is 1. The van der Waals surface area contributed by atoms with E-state index >= 15 is 0 Å². The molecule has 1 aliphatic heterocycles. The van der Waals surface area contributed by atoms with Crippen molar-refractivity contribution in [2.75, 3.05) is 18.8 Å². The number of likely N-dealkylation sites (tertiary alicyclic amines) is 1. The van der Waals surface area contributed by atoms with Crippen molar-refractivity contribution in [3.8, 4) is 5.69 Å². The molecule has 0 spiro atoms. The Morgan fingerprint density at radius 1 is 1.26 bits per heavy atom. The molecule has 0 aliphatic carbocycles. The van der Waals surface area contributed by atoms with Crippen molar-refractivity contribution in [2.24, 2.45) is 5.92 Å². The number of Topliss-reactive ketones (excluding diaryl/α,β-unsaturated/α-hetero) is 1. The number of benzene rings is 1. The monoisotopic (exact) mass is 312 g/mol. The van der Waals surface area contributed by atoms with Gasteiger partial charge in [0, 0.05) is 25.9 Å². The van der Waals surface area contributed by atoms with Crippen LogP contribution in [-0.4, -0.2) is 39.5 Å². The molecule has 1 aromatic carbocycles. The summed E-state index contributed by atoms with van der Waals surface area (Å²) in [5.74, 6) is 0.121. The molecule has 1 saturated heterocycles. The second-order valence-corrected chi connectivity index (χ2v) is 5.86. The maximum atomic E-state index is 12.8. The zero-order chi connectivity index (χ0) is 16.4. The largest absolute Gasteiger partial charge is 0.383 e. The van der Waals surface area contributed by atoms with E-state index in [9.17, 15) is 9.59 Å². The maximum absolute atomic E-state index is 12.8. The van der Waals surface area contributed by atoms with Gasteiger partial charge in [0.1, 0.15) is 5.82 Å². The second kappa shape index (κ2) is 6.24. The summed E-state index contributed by atoms with van der Waals surface area (Å²) in [5, 5.41) is 4.25. The highest BCUT2D eigenvalue weighted by atomic mass is 16.2. The molecule has 0 radical (unpaired) electrons. The molecule has 2 heterocycles. The van der Waals surface area contributed by atoms with Gasteiger partial charge in [-0.25, -0.2) is 4.68 Å². The molecule has 1 amide bonds. The SMILES string of the molecule is CC(=O)N1CCC[C@@H](C(=O)c2cnn(-c3ccccc3)c2N)C1. The van der Waals surface area contributed by atoms with E-state index in [0.29, 0.717) is 17.9 Å². The fourth-order valence-corrected chi connectivity index (χ4v) is 3.02. The van der Waals surface area contributed by atoms with E-state index in [-0.39, 0.29) is 17.6 Å². The van der Waals surface area contributed by atoms with Crippen LogP contribution in [-0.2, 0) is 4.79 Å². The first-order valence-electron chi connectivity index (χ1n) is 7.76. The number of hydrogen-bond donors (Lipinski definition) is 1. The van der Waals surface area contributed by atoms with Crippen LogP contribution >= 0.6 is 0 Å². The number of rotatable bonds is 3. The molecule has 6 nitrogen and oxygen atoms in total. The molecule has 120 valence electrons. The van der Waals surface area contributed by atoms with Crippen molar-refractivity contribution in [1.82, 2.24) is 14.7 Å². The minimum Gasteiger partial charge on any atom is -0.383 e. The first-order valence-corrected chi connectivity index (χ1v) is 7.76. The van der Waals surface area contributed by atoms with E-state index in [1.807, 2.05) is 30.3 Å². The van der Waals surface area contributed by atoms with Gasteiger partial charge in [-0.3, -0.25) is 9.59 Å². The standard InChI is InChI=1S/C17H20N4O2/c1-12(22)20-9-5-6-13(11-20)16(23)15-10-19-21(17(15)18)14-7-3-2-4-8-14/h2-4,7-8,10,13H,5-6,9,11,18H2,1H3/t13-/m1/s1. The van der Waals surface area contributed by atoms with Crippen LogP contribution in [0.25, 0.3) is 5.69 Å². The average molecular weight is 312 g/mol. The van der Waals surface area contributed by atoms with E-state index in [2.05, 4.69) is 5.10 Å². The summed E-state index contributed by atoms with van der Waals surface area (Å²) < 4.78 is 1.57. The molecule has 0 saturated carbocycles. The van der Waals surface area contributed by atoms with Gasteiger partial charge in [0.25, 0.3) is 0 Å². The van der Waals surface area contributed by atoms with Crippen molar-refractivity contribution in [2.45, 2.75) is 19.8 Å². The average Bonchev–Trinajstić information content (AvgIpc) is 2.96. The minimum absolute atomic E-state index is 0.00968. The Hall–Kier alpha value is -2.63. The molecular formula is C17H20N4O2. The third-order valence-corrected chi connectivity index (χ3v) is 4.31. The van der Waals surface area contributed by atoms with Crippen LogP contribution in [0.15, 0.2) is 36.5 Å². The number of nitrogens with two attached hydrogens (primary N) is 1. The molecule has 1 aromatic heterocycles. The Morgan fingerprint density at radius 3 is 2.70 bits per heavy atom. The molecule has 1 fully saturated rings. The Morgan fingerprint density at radius 2 is 2.00 bits per heavy atom. The molecule has 23 heavy (non-hydrogen) atoms. The predicted octanol–water partition coefficient (Wildman–Crippen LogP) is 1.90. The molecule has 3 rings (SSSR count). The van der Waals surface area contributed by atoms with Crippen LogP contribution < -0.4 is 5.73 Å². The summed E-state index contributed by atoms with van der Waals surface area (Å²) in [4.78, 5) is 26.0. The third-order valence-electron chi connectivity index (χ3n) is 4.31. The van der Waals surface area contributed by atoms with E-state index in [4.69, 9.17) is 5.73 Å². The van der Waals surface area contributed by atoms with E-state index in [1.54, 1.807) is 9.58 Å². The highest BCUT2D eigenvalue weighted by Crippen LogP contribution is 2.25. The summed E-state index contributed by atoms with van der Waals surface area (Å²) >= 11 is 0. The maximum Gasteiger partial charge on any atom is 0.219 e. The number of anilines is 1. The van der Waals surface area contributed by atoms with Crippen molar-refractivity contribution < 1.29 is 9.59 Å². The zero-order valence-corrected chi connectivity index (χ0v) is 13.1. The van der Waals surface area contributed by atoms with Gasteiger partial charge in [-0.1, -0.05) is 18.2 Å². The molecule has 0 unspecified atom stereocenters. The molecule has 0 bridgehead atoms. The van der Waals surface area contributed by atoms with Crippen molar-refractivity contribution in [1.29, 1.82) is 0 Å². The second-order valence-electron chi connectivity index (χ2n) is 5.86. The van der Waals surface area contributed by atoms with Crippen LogP contribution in [0.1, 0.15) is 30.1 Å². The molecule has 1 aliphatic rings. The molecular weight excluding hydrogens is 292 g/mol. The smallest absolute Gasteiger partial charge is 0.219 e. The van der Waals surface area contributed by atoms with Gasteiger partial charge in [-0.15, -0.1) is 0 Å². The summed E-state index contributed by atoms with van der Waals surface area (Å²) in [6.45, 7) is 2.72. The fourth-order valence-electron chi connectivity index (χ4n) is 3.02. The summed E-state index contributed by atoms with van der Waals surface area (Å²) in [6, 6.07) is 9.46. The summed E-state index contributed by atoms with van der Waals surface area (Å²) in [5.41, 5.74) is 7.39. The minimum atomic E-state index is -0.205. The lowest BCUT2D eigenvalue weighted by Crippen LogP contribution is -2.41. The topological polar surface area (TPSA) is 81.2 Å². The Labute approximate surface area is 134 Å². The van der Waals surface area contributed by atoms with E-state index in [1.165, 1.54) is 13.1 Å². The van der Waals surface area contributed by atoms with Crippen LogP contribution in [0, 0.1) is 5.92 Å². The number of aromatic nitrogens is 2. The lowest BCUT2D eigenvalue weighted by Gasteiger charge is -2.31. The fraction of sp³-hybridized carbons (Fsp3) is 0.353. The van der Waals surface area contributed by atoms with Crippen molar-refractivity contribution in [3.63, 3.8) is 0 Å². The van der Waals surface area contributed by atoms with Crippen LogP contribution in [0.4, 0.5) is 5.82 Å². The zero-order valence-electron chi connectivity index (χ0n) is 13.1. The van der Waals surface area contributed by atoms with Gasteiger partial charge in [0.2, 0.25) is 5.91 Å². The number of para-hydroxylation sites is 1. The Bertz CT molecular complexity index is 723. The van der Waals surface area contributed by atoms with Gasteiger partial charge >= 0.3 is 0 Å².